The fourth-order valence-electron chi connectivity index (χ4n) is 3.32. The lowest BCUT2D eigenvalue weighted by atomic mass is 10.1. The first-order chi connectivity index (χ1) is 13.1. The van der Waals surface area contributed by atoms with Crippen LogP contribution < -0.4 is 10.6 Å². The summed E-state index contributed by atoms with van der Waals surface area (Å²) in [5.41, 5.74) is 2.75. The van der Waals surface area contributed by atoms with Crippen molar-refractivity contribution in [1.82, 2.24) is 15.5 Å². The molecule has 2 amide bonds. The zero-order valence-electron chi connectivity index (χ0n) is 15.3. The summed E-state index contributed by atoms with van der Waals surface area (Å²) in [5, 5.41) is 15.5. The average Bonchev–Trinajstić information content (AvgIpc) is 3.18. The van der Waals surface area contributed by atoms with Gasteiger partial charge < -0.3 is 15.7 Å². The second kappa shape index (κ2) is 9.48. The van der Waals surface area contributed by atoms with Crippen molar-refractivity contribution < 1.29 is 14.3 Å². The summed E-state index contributed by atoms with van der Waals surface area (Å²) in [7, 11) is 0. The number of aliphatic hydroxyl groups excluding tert-OH is 1. The molecule has 0 spiro atoms. The Kier molecular flexibility index (Phi) is 6.79. The maximum Gasteiger partial charge on any atom is 0.315 e. The highest BCUT2D eigenvalue weighted by atomic mass is 19.1. The molecule has 1 aliphatic heterocycles. The van der Waals surface area contributed by atoms with Crippen molar-refractivity contribution in [2.45, 2.75) is 32.0 Å². The Balaban J connectivity index is 1.47. The number of carbonyl (C=O) groups excluding carboxylic acids is 1. The molecule has 3 rings (SSSR count). The van der Waals surface area contributed by atoms with E-state index >= 15 is 0 Å². The molecule has 0 bridgehead atoms. The van der Waals surface area contributed by atoms with Gasteiger partial charge in [-0.25, -0.2) is 9.18 Å². The number of carbonyl (C=O) groups is 1. The number of hydrogen-bond donors (Lipinski definition) is 3. The van der Waals surface area contributed by atoms with E-state index in [-0.39, 0.29) is 12.6 Å². The topological polar surface area (TPSA) is 64.6 Å². The number of nitrogens with one attached hydrogen (secondary N) is 2. The Morgan fingerprint density at radius 3 is 2.56 bits per heavy atom. The molecule has 0 radical (unpaired) electrons. The number of halogens is 1. The number of hydrogen-bond acceptors (Lipinski definition) is 3. The molecule has 0 saturated carbocycles. The summed E-state index contributed by atoms with van der Waals surface area (Å²) in [4.78, 5) is 14.5. The Bertz CT molecular complexity index is 763. The SMILES string of the molecule is O=C(NCc1ccccc1CN1CCCC1)NC[C@@H](O)c1cccc(F)c1. The molecule has 1 atom stereocenters. The van der Waals surface area contributed by atoms with Crippen LogP contribution >= 0.6 is 0 Å². The summed E-state index contributed by atoms with van der Waals surface area (Å²) in [5.74, 6) is -0.411. The molecule has 0 aliphatic carbocycles. The van der Waals surface area contributed by atoms with E-state index in [1.807, 2.05) is 18.2 Å². The molecule has 6 heteroatoms. The van der Waals surface area contributed by atoms with Crippen LogP contribution in [0.2, 0.25) is 0 Å². The van der Waals surface area contributed by atoms with Crippen molar-refractivity contribution in [3.8, 4) is 0 Å². The van der Waals surface area contributed by atoms with Crippen molar-refractivity contribution in [3.05, 3.63) is 71.0 Å². The third kappa shape index (κ3) is 5.77. The van der Waals surface area contributed by atoms with Crippen molar-refractivity contribution in [2.24, 2.45) is 0 Å². The number of nitrogens with zero attached hydrogens (tertiary/aromatic N) is 1. The molecule has 3 N–H and O–H groups in total. The Morgan fingerprint density at radius 2 is 1.81 bits per heavy atom. The first-order valence-electron chi connectivity index (χ1n) is 9.36. The largest absolute Gasteiger partial charge is 0.387 e. The van der Waals surface area contributed by atoms with Crippen LogP contribution in [0.3, 0.4) is 0 Å². The van der Waals surface area contributed by atoms with E-state index in [9.17, 15) is 14.3 Å². The number of aliphatic hydroxyl groups is 1. The van der Waals surface area contributed by atoms with E-state index in [0.717, 1.165) is 25.2 Å². The summed E-state index contributed by atoms with van der Waals surface area (Å²) in [6.45, 7) is 3.59. The minimum atomic E-state index is -0.950. The lowest BCUT2D eigenvalue weighted by molar-refractivity contribution is 0.172. The molecule has 144 valence electrons. The lowest BCUT2D eigenvalue weighted by Crippen LogP contribution is -2.37. The van der Waals surface area contributed by atoms with Crippen molar-refractivity contribution in [2.75, 3.05) is 19.6 Å². The summed E-state index contributed by atoms with van der Waals surface area (Å²) in [6, 6.07) is 13.5. The summed E-state index contributed by atoms with van der Waals surface area (Å²) in [6.07, 6.45) is 1.54. The van der Waals surface area contributed by atoms with Gasteiger partial charge in [-0.3, -0.25) is 4.90 Å². The fraction of sp³-hybridized carbons (Fsp3) is 0.381. The van der Waals surface area contributed by atoms with Gasteiger partial charge in [0.05, 0.1) is 6.10 Å². The third-order valence-electron chi connectivity index (χ3n) is 4.84. The predicted molar refractivity (Wildman–Crippen MR) is 103 cm³/mol. The molecule has 2 aromatic rings. The maximum absolute atomic E-state index is 13.2. The summed E-state index contributed by atoms with van der Waals surface area (Å²) < 4.78 is 13.2. The Hall–Kier alpha value is -2.44. The minimum absolute atomic E-state index is 0.0186. The van der Waals surface area contributed by atoms with Gasteiger partial charge in [0.1, 0.15) is 5.82 Å². The standard InChI is InChI=1S/C21H26FN3O2/c22-19-9-5-8-16(12-19)20(26)14-24-21(27)23-13-17-6-1-2-7-18(17)15-25-10-3-4-11-25/h1-2,5-9,12,20,26H,3-4,10-11,13-15H2,(H2,23,24,27)/t20-/m1/s1. The van der Waals surface area contributed by atoms with Crippen LogP contribution in [0, 0.1) is 5.82 Å². The molecule has 1 aliphatic rings. The van der Waals surface area contributed by atoms with Gasteiger partial charge in [-0.05, 0) is 54.8 Å². The highest BCUT2D eigenvalue weighted by Crippen LogP contribution is 2.16. The lowest BCUT2D eigenvalue weighted by Gasteiger charge is -2.18. The summed E-state index contributed by atoms with van der Waals surface area (Å²) >= 11 is 0. The smallest absolute Gasteiger partial charge is 0.315 e. The van der Waals surface area contributed by atoms with Gasteiger partial charge in [-0.1, -0.05) is 36.4 Å². The van der Waals surface area contributed by atoms with Gasteiger partial charge in [0.15, 0.2) is 0 Å². The number of urea groups is 1. The van der Waals surface area contributed by atoms with Crippen molar-refractivity contribution >= 4 is 6.03 Å². The normalized spacial score (nSPS) is 15.5. The maximum atomic E-state index is 13.2. The second-order valence-electron chi connectivity index (χ2n) is 6.89. The van der Waals surface area contributed by atoms with Gasteiger partial charge >= 0.3 is 6.03 Å². The van der Waals surface area contributed by atoms with Crippen molar-refractivity contribution in [1.29, 1.82) is 0 Å². The fourth-order valence-corrected chi connectivity index (χ4v) is 3.32. The van der Waals surface area contributed by atoms with E-state index in [4.69, 9.17) is 0 Å². The van der Waals surface area contributed by atoms with Crippen LogP contribution in [0.15, 0.2) is 48.5 Å². The van der Waals surface area contributed by atoms with Gasteiger partial charge in [-0.2, -0.15) is 0 Å². The highest BCUT2D eigenvalue weighted by Gasteiger charge is 2.14. The molecule has 27 heavy (non-hydrogen) atoms. The van der Waals surface area contributed by atoms with Gasteiger partial charge in [0.25, 0.3) is 0 Å². The van der Waals surface area contributed by atoms with Gasteiger partial charge in [0.2, 0.25) is 0 Å². The van der Waals surface area contributed by atoms with Crippen LogP contribution in [0.1, 0.15) is 35.6 Å². The number of likely N-dealkylation sites (tertiary alicyclic amines) is 1. The third-order valence-corrected chi connectivity index (χ3v) is 4.84. The first-order valence-corrected chi connectivity index (χ1v) is 9.36. The van der Waals surface area contributed by atoms with E-state index in [0.29, 0.717) is 12.1 Å². The Labute approximate surface area is 159 Å². The second-order valence-corrected chi connectivity index (χ2v) is 6.89. The molecular formula is C21H26FN3O2. The van der Waals surface area contributed by atoms with E-state index in [2.05, 4.69) is 21.6 Å². The van der Waals surface area contributed by atoms with Gasteiger partial charge in [0, 0.05) is 19.6 Å². The number of amides is 2. The van der Waals surface area contributed by atoms with Gasteiger partial charge in [-0.15, -0.1) is 0 Å². The number of rotatable bonds is 7. The molecule has 1 saturated heterocycles. The first kappa shape index (κ1) is 19.3. The van der Waals surface area contributed by atoms with Crippen LogP contribution in [0.5, 0.6) is 0 Å². The quantitative estimate of drug-likeness (QED) is 0.701. The zero-order chi connectivity index (χ0) is 19.1. The molecular weight excluding hydrogens is 345 g/mol. The number of benzene rings is 2. The van der Waals surface area contributed by atoms with Crippen molar-refractivity contribution in [3.63, 3.8) is 0 Å². The Morgan fingerprint density at radius 1 is 1.07 bits per heavy atom. The van der Waals surface area contributed by atoms with Crippen LogP contribution in [0.4, 0.5) is 9.18 Å². The van der Waals surface area contributed by atoms with E-state index in [1.165, 1.54) is 36.6 Å². The molecule has 0 aromatic heterocycles. The monoisotopic (exact) mass is 371 g/mol. The molecule has 1 fully saturated rings. The molecule has 5 nitrogen and oxygen atoms in total. The van der Waals surface area contributed by atoms with Crippen LogP contribution in [-0.4, -0.2) is 35.7 Å². The molecule has 0 unspecified atom stereocenters. The average molecular weight is 371 g/mol. The van der Waals surface area contributed by atoms with E-state index < -0.39 is 11.9 Å². The zero-order valence-corrected chi connectivity index (χ0v) is 15.3. The van der Waals surface area contributed by atoms with Crippen LogP contribution in [-0.2, 0) is 13.1 Å². The predicted octanol–water partition coefficient (Wildman–Crippen LogP) is 2.95. The highest BCUT2D eigenvalue weighted by molar-refractivity contribution is 5.73. The van der Waals surface area contributed by atoms with Crippen LogP contribution in [0.25, 0.3) is 0 Å². The molecule has 1 heterocycles. The molecule has 2 aromatic carbocycles. The van der Waals surface area contributed by atoms with E-state index in [1.54, 1.807) is 6.07 Å². The minimum Gasteiger partial charge on any atom is -0.387 e.